The standard InChI is InChI=1S/C34H26BrCl2N3O7/c1-16-3-9-21-23(11-16)33(43)39(32(21)42)20-7-4-18(5-8-20)27-14-24(22-13-25(35)30(37)17(2)31(22)38-27)34(44)47-15-29(41)19-6-10-26(36)28(12-19)40(45)46/h4-8,10,12-14,16,21,23H,3,9,11,15H2,1-2H3. The molecule has 4 aromatic rings. The number of halogens is 3. The fourth-order valence-electron chi connectivity index (χ4n) is 6.32. The highest BCUT2D eigenvalue weighted by Crippen LogP contribution is 2.43. The van der Waals surface area contributed by atoms with E-state index in [-0.39, 0.29) is 39.8 Å². The summed E-state index contributed by atoms with van der Waals surface area (Å²) in [7, 11) is 0. The van der Waals surface area contributed by atoms with E-state index >= 15 is 0 Å². The summed E-state index contributed by atoms with van der Waals surface area (Å²) >= 11 is 15.8. The molecule has 13 heteroatoms. The van der Waals surface area contributed by atoms with Crippen molar-refractivity contribution in [2.24, 2.45) is 17.8 Å². The van der Waals surface area contributed by atoms with Crippen LogP contribution in [-0.2, 0) is 14.3 Å². The molecule has 3 atom stereocenters. The van der Waals surface area contributed by atoms with Gasteiger partial charge in [-0.1, -0.05) is 42.3 Å². The second-order valence-electron chi connectivity index (χ2n) is 11.9. The summed E-state index contributed by atoms with van der Waals surface area (Å²) in [5, 5.41) is 11.9. The van der Waals surface area contributed by atoms with E-state index in [1.54, 1.807) is 37.3 Å². The van der Waals surface area contributed by atoms with Crippen molar-refractivity contribution in [2.45, 2.75) is 33.1 Å². The van der Waals surface area contributed by atoms with Gasteiger partial charge in [0.2, 0.25) is 17.6 Å². The number of nitro groups is 1. The molecule has 1 aliphatic carbocycles. The topological polar surface area (TPSA) is 137 Å². The third-order valence-corrected chi connectivity index (χ3v) is 10.5. The van der Waals surface area contributed by atoms with Gasteiger partial charge < -0.3 is 4.74 Å². The monoisotopic (exact) mass is 737 g/mol. The number of amides is 2. The predicted molar refractivity (Wildman–Crippen MR) is 180 cm³/mol. The minimum absolute atomic E-state index is 0.0386. The van der Waals surface area contributed by atoms with Crippen LogP contribution in [0.25, 0.3) is 22.2 Å². The van der Waals surface area contributed by atoms with Crippen molar-refractivity contribution >= 4 is 85.0 Å². The molecule has 0 N–H and O–H groups in total. The Kier molecular flexibility index (Phi) is 8.90. The minimum atomic E-state index is -0.828. The average Bonchev–Trinajstić information content (AvgIpc) is 3.30. The zero-order valence-corrected chi connectivity index (χ0v) is 28.2. The van der Waals surface area contributed by atoms with Gasteiger partial charge in [0, 0.05) is 27.1 Å². The molecule has 1 aliphatic heterocycles. The third kappa shape index (κ3) is 6.03. The van der Waals surface area contributed by atoms with E-state index in [4.69, 9.17) is 32.9 Å². The first-order chi connectivity index (χ1) is 22.3. The summed E-state index contributed by atoms with van der Waals surface area (Å²) in [5.74, 6) is -2.03. The number of aryl methyl sites for hydroxylation is 1. The SMILES string of the molecule is Cc1c(Cl)c(Br)cc2c(C(=O)OCC(=O)c3ccc(Cl)c([N+](=O)[O-])c3)cc(-c3ccc(N4C(=O)C5CCC(C)CC5C4=O)cc3)nc12. The number of esters is 1. The Labute approximate surface area is 287 Å². The summed E-state index contributed by atoms with van der Waals surface area (Å²) in [6, 6.07) is 13.5. The number of Topliss-reactive ketones (excluding diaryl/α,β-unsaturated/α-hetero) is 1. The summed E-state index contributed by atoms with van der Waals surface area (Å²) in [4.78, 5) is 69.4. The lowest BCUT2D eigenvalue weighted by atomic mass is 9.76. The lowest BCUT2D eigenvalue weighted by Crippen LogP contribution is -2.30. The first-order valence-corrected chi connectivity index (χ1v) is 16.3. The van der Waals surface area contributed by atoms with Gasteiger partial charge in [-0.2, -0.15) is 0 Å². The molecule has 2 aliphatic rings. The zero-order valence-electron chi connectivity index (χ0n) is 25.1. The Bertz CT molecular complexity index is 2020. The van der Waals surface area contributed by atoms with Crippen LogP contribution in [0.3, 0.4) is 0 Å². The lowest BCUT2D eigenvalue weighted by molar-refractivity contribution is -0.384. The summed E-state index contributed by atoms with van der Waals surface area (Å²) in [6.07, 6.45) is 2.32. The molecular weight excluding hydrogens is 713 g/mol. The predicted octanol–water partition coefficient (Wildman–Crippen LogP) is 8.15. The molecule has 47 heavy (non-hydrogen) atoms. The average molecular weight is 739 g/mol. The first-order valence-electron chi connectivity index (χ1n) is 14.8. The Balaban J connectivity index is 1.31. The molecule has 10 nitrogen and oxygen atoms in total. The van der Waals surface area contributed by atoms with Crippen LogP contribution in [0.2, 0.25) is 10.0 Å². The van der Waals surface area contributed by atoms with E-state index in [2.05, 4.69) is 22.9 Å². The molecule has 2 heterocycles. The van der Waals surface area contributed by atoms with Crippen molar-refractivity contribution in [3.63, 3.8) is 0 Å². The quantitative estimate of drug-likeness (QED) is 0.0609. The number of pyridine rings is 1. The number of nitrogens with zero attached hydrogens (tertiary/aromatic N) is 3. The van der Waals surface area contributed by atoms with E-state index < -0.39 is 29.0 Å². The number of nitro benzene ring substituents is 1. The van der Waals surface area contributed by atoms with Crippen molar-refractivity contribution in [1.82, 2.24) is 4.98 Å². The Morgan fingerprint density at radius 3 is 2.45 bits per heavy atom. The molecule has 3 aromatic carbocycles. The van der Waals surface area contributed by atoms with Gasteiger partial charge in [-0.25, -0.2) is 9.78 Å². The van der Waals surface area contributed by atoms with Crippen LogP contribution in [0.5, 0.6) is 0 Å². The maximum atomic E-state index is 13.5. The number of hydrogen-bond acceptors (Lipinski definition) is 8. The van der Waals surface area contributed by atoms with Crippen LogP contribution in [0.4, 0.5) is 11.4 Å². The molecule has 1 saturated carbocycles. The number of benzene rings is 3. The van der Waals surface area contributed by atoms with Crippen molar-refractivity contribution < 1.29 is 28.8 Å². The molecular formula is C34H26BrCl2N3O7. The van der Waals surface area contributed by atoms with Crippen LogP contribution in [0.1, 0.15) is 52.5 Å². The highest BCUT2D eigenvalue weighted by atomic mass is 79.9. The van der Waals surface area contributed by atoms with E-state index in [1.807, 2.05) is 0 Å². The van der Waals surface area contributed by atoms with Crippen LogP contribution in [0, 0.1) is 34.8 Å². The van der Waals surface area contributed by atoms with E-state index in [9.17, 15) is 29.3 Å². The fourth-order valence-corrected chi connectivity index (χ4v) is 7.18. The van der Waals surface area contributed by atoms with Gasteiger partial charge >= 0.3 is 5.97 Å². The summed E-state index contributed by atoms with van der Waals surface area (Å²) in [5.41, 5.74) is 2.10. The molecule has 6 rings (SSSR count). The Morgan fingerprint density at radius 1 is 1.04 bits per heavy atom. The van der Waals surface area contributed by atoms with E-state index in [0.717, 1.165) is 12.5 Å². The zero-order chi connectivity index (χ0) is 33.7. The number of fused-ring (bicyclic) bond motifs is 2. The van der Waals surface area contributed by atoms with Crippen LogP contribution in [-0.4, -0.2) is 40.1 Å². The van der Waals surface area contributed by atoms with Crippen molar-refractivity contribution in [2.75, 3.05) is 11.5 Å². The minimum Gasteiger partial charge on any atom is -0.454 e. The molecule has 0 radical (unpaired) electrons. The number of anilines is 1. The molecule has 2 amide bonds. The van der Waals surface area contributed by atoms with Crippen molar-refractivity contribution in [3.05, 3.63) is 95.9 Å². The molecule has 0 spiro atoms. The van der Waals surface area contributed by atoms with Crippen molar-refractivity contribution in [3.8, 4) is 11.3 Å². The van der Waals surface area contributed by atoms with Crippen LogP contribution >= 0.6 is 39.1 Å². The molecule has 0 bridgehead atoms. The van der Waals surface area contributed by atoms with Crippen LogP contribution < -0.4 is 4.90 Å². The van der Waals surface area contributed by atoms with Gasteiger partial charge in [-0.3, -0.25) is 29.4 Å². The largest absolute Gasteiger partial charge is 0.454 e. The van der Waals surface area contributed by atoms with E-state index in [0.29, 0.717) is 61.7 Å². The number of carbonyl (C=O) groups excluding carboxylic acids is 4. The highest BCUT2D eigenvalue weighted by molar-refractivity contribution is 9.10. The number of carbonyl (C=O) groups is 4. The van der Waals surface area contributed by atoms with Gasteiger partial charge in [-0.05, 0) is 90.0 Å². The lowest BCUT2D eigenvalue weighted by Gasteiger charge is -2.25. The second kappa shape index (κ2) is 12.8. The molecule has 3 unspecified atom stereocenters. The number of rotatable bonds is 7. The number of hydrogen-bond donors (Lipinski definition) is 0. The second-order valence-corrected chi connectivity index (χ2v) is 13.5. The molecule has 1 saturated heterocycles. The van der Waals surface area contributed by atoms with Gasteiger partial charge in [0.15, 0.2) is 6.61 Å². The smallest absolute Gasteiger partial charge is 0.339 e. The van der Waals surface area contributed by atoms with Gasteiger partial charge in [0.25, 0.3) is 5.69 Å². The highest BCUT2D eigenvalue weighted by Gasteiger charge is 2.50. The number of ketones is 1. The summed E-state index contributed by atoms with van der Waals surface area (Å²) < 4.78 is 5.92. The Morgan fingerprint density at radius 2 is 1.74 bits per heavy atom. The maximum absolute atomic E-state index is 13.5. The van der Waals surface area contributed by atoms with E-state index in [1.165, 1.54) is 23.1 Å². The summed E-state index contributed by atoms with van der Waals surface area (Å²) in [6.45, 7) is 3.18. The van der Waals surface area contributed by atoms with Crippen molar-refractivity contribution in [1.29, 1.82) is 0 Å². The first kappa shape index (κ1) is 32.7. The van der Waals surface area contributed by atoms with Gasteiger partial charge in [-0.15, -0.1) is 0 Å². The molecule has 2 fully saturated rings. The van der Waals surface area contributed by atoms with Crippen LogP contribution in [0.15, 0.2) is 59.1 Å². The fraction of sp³-hybridized carbons (Fsp3) is 0.265. The number of ether oxygens (including phenoxy) is 1. The number of imide groups is 1. The van der Waals surface area contributed by atoms with Gasteiger partial charge in [0.1, 0.15) is 5.02 Å². The third-order valence-electron chi connectivity index (χ3n) is 8.85. The normalized spacial score (nSPS) is 19.2. The molecule has 240 valence electrons. The maximum Gasteiger partial charge on any atom is 0.339 e. The Hall–Kier alpha value is -4.19. The number of aromatic nitrogens is 1. The van der Waals surface area contributed by atoms with Gasteiger partial charge in [0.05, 0.1) is 44.2 Å². The molecule has 1 aromatic heterocycles.